The first-order chi connectivity index (χ1) is 25.8. The number of halogens is 1. The average Bonchev–Trinajstić information content (AvgIpc) is 3.51. The van der Waals surface area contributed by atoms with Crippen molar-refractivity contribution in [2.45, 2.75) is 53.6 Å². The molecule has 0 atom stereocenters. The van der Waals surface area contributed by atoms with Gasteiger partial charge < -0.3 is 14.0 Å². The molecule has 6 heteroatoms. The van der Waals surface area contributed by atoms with E-state index in [9.17, 15) is 4.39 Å². The summed E-state index contributed by atoms with van der Waals surface area (Å²) >= 11 is 0. The molecule has 0 saturated carbocycles. The van der Waals surface area contributed by atoms with Gasteiger partial charge in [-0.3, -0.25) is 4.39 Å². The third-order valence-corrected chi connectivity index (χ3v) is 10.6. The summed E-state index contributed by atoms with van der Waals surface area (Å²) in [6.45, 7) is 9.66. The van der Waals surface area contributed by atoms with E-state index in [1.807, 2.05) is 30.5 Å². The van der Waals surface area contributed by atoms with Gasteiger partial charge in [0.2, 0.25) is 0 Å². The van der Waals surface area contributed by atoms with Crippen molar-refractivity contribution in [3.8, 4) is 16.9 Å². The predicted molar refractivity (Wildman–Crippen MR) is 207 cm³/mol. The molecule has 8 rings (SSSR count). The van der Waals surface area contributed by atoms with Gasteiger partial charge in [0, 0.05) is 29.8 Å². The summed E-state index contributed by atoms with van der Waals surface area (Å²) in [4.78, 5) is 4.43. The van der Waals surface area contributed by atoms with Crippen molar-refractivity contribution in [1.82, 2.24) is 4.98 Å². The van der Waals surface area contributed by atoms with Crippen LogP contribution in [0.15, 0.2) is 114 Å². The molecule has 256 valence electrons. The molecule has 8 aromatic rings. The molecule has 0 aliphatic heterocycles. The van der Waals surface area contributed by atoms with E-state index >= 15 is 0 Å². The molecule has 0 spiro atoms. The minimum atomic E-state index is -2.48. The fraction of sp³-hybridized carbons (Fsp3) is 0.200. The van der Waals surface area contributed by atoms with Crippen LogP contribution >= 0.6 is 0 Å². The molecular weight excluding hydrogens is 824 g/mol. The van der Waals surface area contributed by atoms with E-state index in [2.05, 4.69) is 85.4 Å². The molecule has 0 aliphatic rings. The summed E-state index contributed by atoms with van der Waals surface area (Å²) < 4.78 is 62.5. The second kappa shape index (κ2) is 14.3. The zero-order chi connectivity index (χ0) is 39.5. The molecule has 5 aromatic carbocycles. The molecule has 3 aromatic heterocycles. The van der Waals surface area contributed by atoms with Crippen molar-refractivity contribution in [2.24, 2.45) is 5.41 Å². The first kappa shape index (κ1) is 30.2. The van der Waals surface area contributed by atoms with Gasteiger partial charge in [0.25, 0.3) is 0 Å². The Morgan fingerprint density at radius 1 is 0.882 bits per heavy atom. The molecule has 3 heterocycles. The maximum absolute atomic E-state index is 12.8. The second-order valence-electron chi connectivity index (χ2n) is 14.6. The average molecular weight is 870 g/mol. The van der Waals surface area contributed by atoms with Crippen LogP contribution in [0.5, 0.6) is 0 Å². The van der Waals surface area contributed by atoms with Crippen LogP contribution < -0.4 is 9.75 Å². The Morgan fingerprint density at radius 3 is 2.39 bits per heavy atom. The smallest absolute Gasteiger partial charge is 0.519 e. The number of hydrogen-bond acceptors (Lipinski definition) is 2. The standard InChI is InChI=1S/C31H26NO.C14H15FNSi.Ir/c1-20-14-15-32(19-23(20)18-31(2,3)4)28-11-7-10-25-27-16-22-13-12-21-8-5-6-9-24(21)26(22)17-29(27)33-30(25)28;1-17(2,3)13-8-9-14(16-10-13)11-4-6-12(15)7-5-11;/h5-10,12-14,16-17,19H,18H2,1-4H3;4,6-10H,1-3H3;/q2*-1;+3/i1D3,18D2;;. The Balaban J connectivity index is 0.000000248. The van der Waals surface area contributed by atoms with Crippen molar-refractivity contribution in [2.75, 3.05) is 0 Å². The summed E-state index contributed by atoms with van der Waals surface area (Å²) in [6, 6.07) is 36.4. The normalized spacial score (nSPS) is 13.8. The van der Waals surface area contributed by atoms with Crippen LogP contribution in [0.4, 0.5) is 4.39 Å². The fourth-order valence-electron chi connectivity index (χ4n) is 6.05. The molecule has 0 bridgehead atoms. The quantitative estimate of drug-likeness (QED) is 0.0763. The van der Waals surface area contributed by atoms with Crippen molar-refractivity contribution in [3.63, 3.8) is 0 Å². The first-order valence-electron chi connectivity index (χ1n) is 19.1. The summed E-state index contributed by atoms with van der Waals surface area (Å²) in [6.07, 6.45) is 4.55. The van der Waals surface area contributed by atoms with E-state index in [1.54, 1.807) is 37.5 Å². The fourth-order valence-corrected chi connectivity index (χ4v) is 7.08. The molecule has 0 N–H and O–H groups in total. The Bertz CT molecular complexity index is 2700. The van der Waals surface area contributed by atoms with Gasteiger partial charge in [-0.15, -0.1) is 35.4 Å². The van der Waals surface area contributed by atoms with E-state index < -0.39 is 26.7 Å². The Morgan fingerprint density at radius 2 is 1.69 bits per heavy atom. The Hall–Kier alpha value is -4.48. The molecule has 0 unspecified atom stereocenters. The number of furan rings is 1. The number of pyridine rings is 2. The SMILES string of the molecule is C[Si](C)(C)c1ccc(-c2[c-]cc(F)cc2)nc1.[2H]C([2H])([2H])c1c[c-][n+](-c2[c-]ccc3c2oc2cc4c(ccc5ccccc54)cc23)cc1C([2H])([2H])C(C)(C)C.[Ir+3]. The van der Waals surface area contributed by atoms with Crippen LogP contribution in [0.3, 0.4) is 0 Å². The molecule has 0 aliphatic carbocycles. The number of benzene rings is 5. The Labute approximate surface area is 321 Å². The largest absolute Gasteiger partial charge is 3.00 e. The second-order valence-corrected chi connectivity index (χ2v) is 19.7. The summed E-state index contributed by atoms with van der Waals surface area (Å²) in [5.41, 5.74) is 2.72. The number of nitrogens with zero attached hydrogens (tertiary/aromatic N) is 2. The maximum atomic E-state index is 12.8. The Kier molecular flexibility index (Phi) is 8.44. The molecule has 3 nitrogen and oxygen atoms in total. The van der Waals surface area contributed by atoms with Gasteiger partial charge in [0.05, 0.1) is 20.0 Å². The molecule has 0 amide bonds. The van der Waals surface area contributed by atoms with E-state index in [4.69, 9.17) is 11.3 Å². The van der Waals surface area contributed by atoms with Gasteiger partial charge in [-0.2, -0.15) is 18.2 Å². The number of hydrogen-bond donors (Lipinski definition) is 0. The van der Waals surface area contributed by atoms with E-state index in [0.717, 1.165) is 49.2 Å². The zero-order valence-electron chi connectivity index (χ0n) is 34.4. The molecule has 0 fully saturated rings. The first-order valence-corrected chi connectivity index (χ1v) is 20.1. The van der Waals surface area contributed by atoms with Gasteiger partial charge in [0.15, 0.2) is 6.20 Å². The summed E-state index contributed by atoms with van der Waals surface area (Å²) in [5.74, 6) is -0.271. The number of aryl methyl sites for hydroxylation is 1. The third kappa shape index (κ3) is 7.74. The van der Waals surface area contributed by atoms with Gasteiger partial charge in [-0.05, 0) is 56.3 Å². The van der Waals surface area contributed by atoms with Crippen LogP contribution in [-0.2, 0) is 26.5 Å². The molecule has 51 heavy (non-hydrogen) atoms. The minimum Gasteiger partial charge on any atom is -0.519 e. The predicted octanol–water partition coefficient (Wildman–Crippen LogP) is 10.9. The minimum absolute atomic E-state index is 0. The molecular formula is C45H41FIrN2OSi+. The van der Waals surface area contributed by atoms with Crippen LogP contribution in [0.1, 0.15) is 38.8 Å². The van der Waals surface area contributed by atoms with Gasteiger partial charge in [-0.25, -0.2) is 0 Å². The monoisotopic (exact) mass is 870 g/mol. The summed E-state index contributed by atoms with van der Waals surface area (Å²) in [5, 5.41) is 7.69. The number of rotatable bonds is 4. The van der Waals surface area contributed by atoms with Gasteiger partial charge in [0.1, 0.15) is 5.58 Å². The van der Waals surface area contributed by atoms with E-state index in [-0.39, 0.29) is 37.0 Å². The van der Waals surface area contributed by atoms with Gasteiger partial charge in [-0.1, -0.05) is 113 Å². The zero-order valence-corrected chi connectivity index (χ0v) is 32.8. The topological polar surface area (TPSA) is 29.9 Å². The van der Waals surface area contributed by atoms with Crippen molar-refractivity contribution >= 4 is 56.7 Å². The number of fused-ring (bicyclic) bond motifs is 6. The van der Waals surface area contributed by atoms with E-state index in [0.29, 0.717) is 11.3 Å². The number of aromatic nitrogens is 2. The summed E-state index contributed by atoms with van der Waals surface area (Å²) in [7, 11) is -1.30. The van der Waals surface area contributed by atoms with Crippen molar-refractivity contribution in [1.29, 1.82) is 0 Å². The third-order valence-electron chi connectivity index (χ3n) is 8.60. The van der Waals surface area contributed by atoms with Crippen molar-refractivity contribution < 1.29 is 40.3 Å². The van der Waals surface area contributed by atoms with Gasteiger partial charge >= 0.3 is 20.1 Å². The van der Waals surface area contributed by atoms with Crippen LogP contribution in [0.25, 0.3) is 60.4 Å². The van der Waals surface area contributed by atoms with Crippen LogP contribution in [0.2, 0.25) is 19.6 Å². The maximum Gasteiger partial charge on any atom is 3.00 e. The van der Waals surface area contributed by atoms with E-state index in [1.165, 1.54) is 29.6 Å². The molecule has 0 radical (unpaired) electrons. The van der Waals surface area contributed by atoms with Crippen LogP contribution in [-0.4, -0.2) is 13.1 Å². The molecule has 0 saturated heterocycles. The van der Waals surface area contributed by atoms with Crippen LogP contribution in [0, 0.1) is 36.4 Å². The van der Waals surface area contributed by atoms with Crippen molar-refractivity contribution in [3.05, 3.63) is 145 Å².